The minimum atomic E-state index is -0.985. The zero-order chi connectivity index (χ0) is 18.7. The molecule has 1 atom stereocenters. The molecule has 0 aromatic heterocycles. The predicted molar refractivity (Wildman–Crippen MR) is 103 cm³/mol. The molecular weight excluding hydrogens is 396 g/mol. The van der Waals surface area contributed by atoms with Crippen molar-refractivity contribution < 1.29 is 14.7 Å². The van der Waals surface area contributed by atoms with Crippen molar-refractivity contribution in [1.29, 1.82) is 0 Å². The van der Waals surface area contributed by atoms with Crippen LogP contribution in [-0.2, 0) is 9.59 Å². The number of carbonyl (C=O) groups is 2. The number of nitrogens with zero attached hydrogens (tertiary/aromatic N) is 2. The van der Waals surface area contributed by atoms with Crippen LogP contribution < -0.4 is 0 Å². The average Bonchev–Trinajstić information content (AvgIpc) is 3.06. The Balaban J connectivity index is 1.89. The second-order valence-corrected chi connectivity index (χ2v) is 7.23. The number of rotatable bonds is 5. The highest BCUT2D eigenvalue weighted by atomic mass is 79.9. The fourth-order valence-corrected chi connectivity index (χ4v) is 3.20. The van der Waals surface area contributed by atoms with Crippen LogP contribution in [0, 0.1) is 6.92 Å². The Morgan fingerprint density at radius 1 is 1.12 bits per heavy atom. The summed E-state index contributed by atoms with van der Waals surface area (Å²) >= 11 is 3.42. The van der Waals surface area contributed by atoms with Gasteiger partial charge in [-0.05, 0) is 30.2 Å². The lowest BCUT2D eigenvalue weighted by Crippen LogP contribution is -2.27. The minimum absolute atomic E-state index is 0.0607. The van der Waals surface area contributed by atoms with Crippen LogP contribution in [-0.4, -0.2) is 27.7 Å². The van der Waals surface area contributed by atoms with Gasteiger partial charge >= 0.3 is 5.97 Å². The van der Waals surface area contributed by atoms with E-state index in [-0.39, 0.29) is 24.8 Å². The normalized spacial score (nSPS) is 16.5. The van der Waals surface area contributed by atoms with Crippen molar-refractivity contribution >= 4 is 33.5 Å². The van der Waals surface area contributed by atoms with Gasteiger partial charge < -0.3 is 5.11 Å². The fourth-order valence-electron chi connectivity index (χ4n) is 2.93. The molecule has 0 saturated carbocycles. The lowest BCUT2D eigenvalue weighted by atomic mass is 9.97. The van der Waals surface area contributed by atoms with Crippen molar-refractivity contribution in [3.8, 4) is 0 Å². The number of hydrazone groups is 1. The highest BCUT2D eigenvalue weighted by Crippen LogP contribution is 2.33. The van der Waals surface area contributed by atoms with Crippen molar-refractivity contribution in [1.82, 2.24) is 5.01 Å². The Kier molecular flexibility index (Phi) is 5.52. The van der Waals surface area contributed by atoms with Gasteiger partial charge in [0.1, 0.15) is 0 Å². The Bertz CT molecular complexity index is 844. The van der Waals surface area contributed by atoms with Crippen molar-refractivity contribution in [2.24, 2.45) is 5.10 Å². The molecule has 3 rings (SSSR count). The van der Waals surface area contributed by atoms with Crippen molar-refractivity contribution in [3.05, 3.63) is 69.7 Å². The van der Waals surface area contributed by atoms with E-state index in [0.29, 0.717) is 6.42 Å². The van der Waals surface area contributed by atoms with Gasteiger partial charge in [-0.25, -0.2) is 5.01 Å². The second-order valence-electron chi connectivity index (χ2n) is 6.32. The quantitative estimate of drug-likeness (QED) is 0.792. The number of carboxylic acid groups (broad SMARTS) is 1. The van der Waals surface area contributed by atoms with Crippen LogP contribution >= 0.6 is 15.9 Å². The molecule has 0 fully saturated rings. The lowest BCUT2D eigenvalue weighted by Gasteiger charge is -2.22. The maximum atomic E-state index is 12.6. The number of benzene rings is 2. The summed E-state index contributed by atoms with van der Waals surface area (Å²) in [6, 6.07) is 15.6. The monoisotopic (exact) mass is 414 g/mol. The molecule has 0 saturated heterocycles. The molecule has 5 nitrogen and oxygen atoms in total. The zero-order valence-corrected chi connectivity index (χ0v) is 15.9. The summed E-state index contributed by atoms with van der Waals surface area (Å²) in [4.78, 5) is 23.4. The minimum Gasteiger partial charge on any atom is -0.481 e. The molecule has 1 aliphatic heterocycles. The Morgan fingerprint density at radius 2 is 1.77 bits per heavy atom. The molecule has 0 unspecified atom stereocenters. The summed E-state index contributed by atoms with van der Waals surface area (Å²) in [6.07, 6.45) is 0.345. The summed E-state index contributed by atoms with van der Waals surface area (Å²) < 4.78 is 0.976. The number of aliphatic carboxylic acids is 1. The highest BCUT2D eigenvalue weighted by Gasteiger charge is 2.32. The summed E-state index contributed by atoms with van der Waals surface area (Å²) in [5.41, 5.74) is 3.92. The summed E-state index contributed by atoms with van der Waals surface area (Å²) in [6.45, 7) is 2.01. The average molecular weight is 415 g/mol. The van der Waals surface area contributed by atoms with Crippen molar-refractivity contribution in [3.63, 3.8) is 0 Å². The van der Waals surface area contributed by atoms with Gasteiger partial charge in [-0.1, -0.05) is 57.9 Å². The maximum Gasteiger partial charge on any atom is 0.303 e. The van der Waals surface area contributed by atoms with Crippen molar-refractivity contribution in [2.75, 3.05) is 0 Å². The Hall–Kier alpha value is -2.47. The van der Waals surface area contributed by atoms with Gasteiger partial charge in [-0.3, -0.25) is 9.59 Å². The smallest absolute Gasteiger partial charge is 0.303 e. The number of hydrogen-bond donors (Lipinski definition) is 1. The van der Waals surface area contributed by atoms with Crippen LogP contribution in [0.25, 0.3) is 0 Å². The first kappa shape index (κ1) is 18.3. The number of halogens is 1. The zero-order valence-electron chi connectivity index (χ0n) is 14.4. The molecule has 26 heavy (non-hydrogen) atoms. The molecule has 0 radical (unpaired) electrons. The molecule has 0 bridgehead atoms. The third-order valence-corrected chi connectivity index (χ3v) is 4.89. The molecule has 1 heterocycles. The van der Waals surface area contributed by atoms with E-state index in [1.807, 2.05) is 55.5 Å². The number of amides is 1. The molecule has 2 aromatic rings. The SMILES string of the molecule is Cc1ccc([C@@H]2CC(c3ccc(Br)cc3)=NN2C(=O)CCC(=O)O)cc1. The Morgan fingerprint density at radius 3 is 2.38 bits per heavy atom. The number of hydrogen-bond acceptors (Lipinski definition) is 3. The van der Waals surface area contributed by atoms with E-state index in [0.717, 1.165) is 26.9 Å². The van der Waals surface area contributed by atoms with Crippen LogP contribution in [0.5, 0.6) is 0 Å². The molecule has 0 spiro atoms. The largest absolute Gasteiger partial charge is 0.481 e. The predicted octanol–water partition coefficient (Wildman–Crippen LogP) is 4.30. The molecule has 134 valence electrons. The van der Waals surface area contributed by atoms with Gasteiger partial charge in [0.05, 0.1) is 18.2 Å². The molecule has 1 amide bonds. The summed E-state index contributed by atoms with van der Waals surface area (Å²) in [5.74, 6) is -1.26. The van der Waals surface area contributed by atoms with E-state index in [1.54, 1.807) is 0 Å². The third kappa shape index (κ3) is 4.19. The van der Waals surface area contributed by atoms with Crippen LogP contribution in [0.3, 0.4) is 0 Å². The molecule has 2 aromatic carbocycles. The van der Waals surface area contributed by atoms with E-state index < -0.39 is 5.97 Å². The Labute approximate surface area is 160 Å². The molecule has 1 aliphatic rings. The van der Waals surface area contributed by atoms with E-state index in [9.17, 15) is 9.59 Å². The van der Waals surface area contributed by atoms with Gasteiger partial charge in [0, 0.05) is 17.3 Å². The maximum absolute atomic E-state index is 12.6. The molecule has 0 aliphatic carbocycles. The second kappa shape index (κ2) is 7.83. The van der Waals surface area contributed by atoms with Gasteiger partial charge in [0.2, 0.25) is 5.91 Å². The first-order valence-corrected chi connectivity index (χ1v) is 9.17. The topological polar surface area (TPSA) is 70.0 Å². The molecule has 6 heteroatoms. The molecular formula is C20H19BrN2O3. The standard InChI is InChI=1S/C20H19BrN2O3/c1-13-2-4-15(5-3-13)18-12-17(14-6-8-16(21)9-7-14)22-23(18)19(24)10-11-20(25)26/h2-9,18H,10-12H2,1H3,(H,25,26)/t18-/m0/s1. The first-order chi connectivity index (χ1) is 12.4. The van der Waals surface area contributed by atoms with E-state index in [2.05, 4.69) is 21.0 Å². The fraction of sp³-hybridized carbons (Fsp3) is 0.250. The van der Waals surface area contributed by atoms with E-state index in [1.165, 1.54) is 5.01 Å². The lowest BCUT2D eigenvalue weighted by molar-refractivity contribution is -0.141. The van der Waals surface area contributed by atoms with Crippen molar-refractivity contribution in [2.45, 2.75) is 32.2 Å². The molecule has 1 N–H and O–H groups in total. The van der Waals surface area contributed by atoms with Gasteiger partial charge in [-0.15, -0.1) is 0 Å². The number of aryl methyl sites for hydroxylation is 1. The van der Waals surface area contributed by atoms with Crippen LogP contribution in [0.4, 0.5) is 0 Å². The van der Waals surface area contributed by atoms with Gasteiger partial charge in [0.15, 0.2) is 0 Å². The van der Waals surface area contributed by atoms with Gasteiger partial charge in [0.25, 0.3) is 0 Å². The number of carbonyl (C=O) groups excluding carboxylic acids is 1. The number of carboxylic acids is 1. The summed E-state index contributed by atoms with van der Waals surface area (Å²) in [5, 5.41) is 14.9. The van der Waals surface area contributed by atoms with E-state index in [4.69, 9.17) is 5.11 Å². The first-order valence-electron chi connectivity index (χ1n) is 8.38. The highest BCUT2D eigenvalue weighted by molar-refractivity contribution is 9.10. The third-order valence-electron chi connectivity index (χ3n) is 4.36. The summed E-state index contributed by atoms with van der Waals surface area (Å²) in [7, 11) is 0. The van der Waals surface area contributed by atoms with E-state index >= 15 is 0 Å². The van der Waals surface area contributed by atoms with Crippen LogP contribution in [0.1, 0.15) is 42.0 Å². The van der Waals surface area contributed by atoms with Gasteiger partial charge in [-0.2, -0.15) is 5.10 Å². The van der Waals surface area contributed by atoms with Crippen LogP contribution in [0.15, 0.2) is 58.1 Å². The van der Waals surface area contributed by atoms with Crippen LogP contribution in [0.2, 0.25) is 0 Å².